The molecule has 1 N–H and O–H groups in total. The maximum Gasteiger partial charge on any atom is 0.265 e. The van der Waals surface area contributed by atoms with Crippen molar-refractivity contribution < 1.29 is 4.79 Å². The minimum Gasteiger partial charge on any atom is -0.335 e. The van der Waals surface area contributed by atoms with Gasteiger partial charge in [-0.05, 0) is 24.8 Å². The zero-order valence-electron chi connectivity index (χ0n) is 15.5. The maximum atomic E-state index is 12.3. The summed E-state index contributed by atoms with van der Waals surface area (Å²) in [6.45, 7) is 4.03. The molecule has 27 heavy (non-hydrogen) atoms. The van der Waals surface area contributed by atoms with Gasteiger partial charge in [0.2, 0.25) is 0 Å². The van der Waals surface area contributed by atoms with Crippen molar-refractivity contribution >= 4 is 17.2 Å². The van der Waals surface area contributed by atoms with Crippen LogP contribution in [-0.2, 0) is 0 Å². The van der Waals surface area contributed by atoms with Crippen LogP contribution >= 0.6 is 11.3 Å². The Morgan fingerprint density at radius 1 is 1.15 bits per heavy atom. The van der Waals surface area contributed by atoms with Crippen LogP contribution in [0.3, 0.4) is 0 Å². The molecule has 1 amide bonds. The molecule has 5 nitrogen and oxygen atoms in total. The van der Waals surface area contributed by atoms with Crippen molar-refractivity contribution in [2.45, 2.75) is 43.3 Å². The molecule has 142 valence electrons. The third kappa shape index (κ3) is 3.66. The summed E-state index contributed by atoms with van der Waals surface area (Å²) in [6, 6.07) is 12.7. The molecule has 1 aromatic heterocycles. The lowest BCUT2D eigenvalue weighted by Crippen LogP contribution is -2.62. The van der Waals surface area contributed by atoms with Crippen molar-refractivity contribution in [2.75, 3.05) is 26.2 Å². The first-order valence-corrected chi connectivity index (χ1v) is 10.9. The van der Waals surface area contributed by atoms with Crippen LogP contribution in [0, 0.1) is 0 Å². The second-order valence-corrected chi connectivity index (χ2v) is 8.95. The zero-order chi connectivity index (χ0) is 18.2. The smallest absolute Gasteiger partial charge is 0.265 e. The molecule has 1 aromatic carbocycles. The second kappa shape index (κ2) is 7.34. The van der Waals surface area contributed by atoms with Gasteiger partial charge < -0.3 is 10.2 Å². The van der Waals surface area contributed by atoms with E-state index in [-0.39, 0.29) is 5.91 Å². The van der Waals surface area contributed by atoms with Gasteiger partial charge in [-0.25, -0.2) is 0 Å². The highest BCUT2D eigenvalue weighted by molar-refractivity contribution is 7.11. The molecule has 2 aromatic rings. The van der Waals surface area contributed by atoms with Gasteiger partial charge in [-0.15, -0.1) is 11.3 Å². The summed E-state index contributed by atoms with van der Waals surface area (Å²) in [4.78, 5) is 21.6. The van der Waals surface area contributed by atoms with Crippen LogP contribution in [0.4, 0.5) is 0 Å². The number of benzene rings is 1. The van der Waals surface area contributed by atoms with E-state index in [0.29, 0.717) is 24.0 Å². The normalized spacial score (nSPS) is 26.7. The Kier molecular flexibility index (Phi) is 4.71. The lowest BCUT2D eigenvalue weighted by molar-refractivity contribution is 0.0173. The molecule has 0 radical (unpaired) electrons. The average Bonchev–Trinajstić information content (AvgIpc) is 3.21. The Balaban J connectivity index is 1.04. The number of carbonyl (C=O) groups excluding carboxylic acids is 1. The van der Waals surface area contributed by atoms with E-state index in [4.69, 9.17) is 0 Å². The van der Waals surface area contributed by atoms with E-state index in [2.05, 4.69) is 45.5 Å². The zero-order valence-corrected chi connectivity index (χ0v) is 16.3. The van der Waals surface area contributed by atoms with E-state index < -0.39 is 0 Å². The molecule has 6 heteroatoms. The first-order valence-electron chi connectivity index (χ1n) is 10.0. The molecule has 3 aliphatic rings. The Hall–Kier alpha value is -1.76. The number of hydrogen-bond acceptors (Lipinski definition) is 5. The number of likely N-dealkylation sites (tertiary alicyclic amines) is 2. The molecule has 5 rings (SSSR count). The Bertz CT molecular complexity index is 767. The number of hydrogen-bond donors (Lipinski definition) is 1. The van der Waals surface area contributed by atoms with Gasteiger partial charge in [0.05, 0.1) is 11.7 Å². The third-order valence-electron chi connectivity index (χ3n) is 6.31. The van der Waals surface area contributed by atoms with Gasteiger partial charge in [0.25, 0.3) is 5.91 Å². The summed E-state index contributed by atoms with van der Waals surface area (Å²) in [5.74, 6) is 0.855. The van der Waals surface area contributed by atoms with Crippen LogP contribution in [0.2, 0.25) is 0 Å². The van der Waals surface area contributed by atoms with Gasteiger partial charge in [0.15, 0.2) is 0 Å². The molecule has 0 unspecified atom stereocenters. The highest BCUT2D eigenvalue weighted by Gasteiger charge is 2.41. The summed E-state index contributed by atoms with van der Waals surface area (Å²) < 4.78 is 0. The standard InChI is InChI=1S/C21H26N4OS/c26-21(20-11-22-14-27-20)25-12-17(13-25)24-8-6-16(7-9-24)23-19-10-18(19)15-4-2-1-3-5-15/h1-5,11,14,16-19,23H,6-10,12-13H2/t18-,19+/m0/s1. The molecule has 0 bridgehead atoms. The number of amides is 1. The van der Waals surface area contributed by atoms with Crippen LogP contribution in [-0.4, -0.2) is 65.0 Å². The quantitative estimate of drug-likeness (QED) is 0.864. The second-order valence-electron chi connectivity index (χ2n) is 8.07. The number of thiazole rings is 1. The topological polar surface area (TPSA) is 48.5 Å². The van der Waals surface area contributed by atoms with Crippen molar-refractivity contribution in [1.29, 1.82) is 0 Å². The Labute approximate surface area is 164 Å². The van der Waals surface area contributed by atoms with Crippen molar-refractivity contribution in [2.24, 2.45) is 0 Å². The minimum atomic E-state index is 0.144. The lowest BCUT2D eigenvalue weighted by Gasteiger charge is -2.47. The fraction of sp³-hybridized carbons (Fsp3) is 0.524. The summed E-state index contributed by atoms with van der Waals surface area (Å²) >= 11 is 1.43. The van der Waals surface area contributed by atoms with E-state index in [0.717, 1.165) is 31.1 Å². The first-order chi connectivity index (χ1) is 13.3. The van der Waals surface area contributed by atoms with E-state index >= 15 is 0 Å². The Morgan fingerprint density at radius 3 is 2.63 bits per heavy atom. The third-order valence-corrected chi connectivity index (χ3v) is 7.07. The fourth-order valence-corrected chi connectivity index (χ4v) is 5.10. The van der Waals surface area contributed by atoms with Crippen LogP contribution in [0.1, 0.15) is 40.4 Å². The number of rotatable bonds is 5. The van der Waals surface area contributed by atoms with Crippen molar-refractivity contribution in [1.82, 2.24) is 20.1 Å². The lowest BCUT2D eigenvalue weighted by atomic mass is 9.99. The summed E-state index contributed by atoms with van der Waals surface area (Å²) in [5.41, 5.74) is 3.21. The molecule has 1 saturated carbocycles. The van der Waals surface area contributed by atoms with Gasteiger partial charge >= 0.3 is 0 Å². The first kappa shape index (κ1) is 17.3. The molecule has 2 aliphatic heterocycles. The van der Waals surface area contributed by atoms with Gasteiger partial charge in [0, 0.05) is 50.2 Å². The van der Waals surface area contributed by atoms with Crippen LogP contribution < -0.4 is 5.32 Å². The van der Waals surface area contributed by atoms with Crippen LogP contribution in [0.15, 0.2) is 42.0 Å². The number of aromatic nitrogens is 1. The molecular weight excluding hydrogens is 356 g/mol. The summed E-state index contributed by atoms with van der Waals surface area (Å²) in [6.07, 6.45) is 5.40. The largest absolute Gasteiger partial charge is 0.335 e. The predicted octanol–water partition coefficient (Wildman–Crippen LogP) is 2.58. The summed E-state index contributed by atoms with van der Waals surface area (Å²) in [7, 11) is 0. The SMILES string of the molecule is O=C(c1cncs1)N1CC(N2CCC(N[C@@H]3C[C@H]3c3ccccc3)CC2)C1. The molecule has 3 fully saturated rings. The number of piperidine rings is 1. The van der Waals surface area contributed by atoms with E-state index in [9.17, 15) is 4.79 Å². The number of carbonyl (C=O) groups is 1. The Morgan fingerprint density at radius 2 is 1.93 bits per heavy atom. The van der Waals surface area contributed by atoms with Gasteiger partial charge in [-0.2, -0.15) is 0 Å². The van der Waals surface area contributed by atoms with Crippen molar-refractivity contribution in [3.8, 4) is 0 Å². The van der Waals surface area contributed by atoms with Crippen molar-refractivity contribution in [3.05, 3.63) is 52.5 Å². The van der Waals surface area contributed by atoms with Crippen molar-refractivity contribution in [3.63, 3.8) is 0 Å². The summed E-state index contributed by atoms with van der Waals surface area (Å²) in [5, 5.41) is 3.89. The fourth-order valence-electron chi connectivity index (χ4n) is 4.51. The minimum absolute atomic E-state index is 0.144. The van der Waals surface area contributed by atoms with Crippen LogP contribution in [0.5, 0.6) is 0 Å². The van der Waals surface area contributed by atoms with Crippen LogP contribution in [0.25, 0.3) is 0 Å². The number of nitrogens with one attached hydrogen (secondary N) is 1. The molecular formula is C21H26N4OS. The maximum absolute atomic E-state index is 12.3. The monoisotopic (exact) mass is 382 g/mol. The molecule has 2 saturated heterocycles. The number of nitrogens with zero attached hydrogens (tertiary/aromatic N) is 3. The van der Waals surface area contributed by atoms with Gasteiger partial charge in [0.1, 0.15) is 4.88 Å². The average molecular weight is 383 g/mol. The van der Waals surface area contributed by atoms with Gasteiger partial charge in [-0.3, -0.25) is 14.7 Å². The highest BCUT2D eigenvalue weighted by atomic mass is 32.1. The molecule has 0 spiro atoms. The van der Waals surface area contributed by atoms with E-state index in [1.165, 1.54) is 36.2 Å². The van der Waals surface area contributed by atoms with E-state index in [1.54, 1.807) is 11.7 Å². The molecule has 1 aliphatic carbocycles. The van der Waals surface area contributed by atoms with E-state index in [1.807, 2.05) is 4.90 Å². The highest BCUT2D eigenvalue weighted by Crippen LogP contribution is 2.41. The molecule has 2 atom stereocenters. The predicted molar refractivity (Wildman–Crippen MR) is 107 cm³/mol. The van der Waals surface area contributed by atoms with Gasteiger partial charge in [-0.1, -0.05) is 30.3 Å². The molecule has 3 heterocycles.